The molecule has 0 fully saturated rings. The molecule has 0 saturated heterocycles. The van der Waals surface area contributed by atoms with E-state index in [4.69, 9.17) is 14.5 Å². The van der Waals surface area contributed by atoms with Gasteiger partial charge in [0, 0.05) is 22.7 Å². The molecule has 6 nitrogen and oxygen atoms in total. The molecule has 2 aromatic carbocycles. The van der Waals surface area contributed by atoms with Gasteiger partial charge >= 0.3 is 0 Å². The molecule has 0 radical (unpaired) electrons. The van der Waals surface area contributed by atoms with E-state index in [9.17, 15) is 0 Å². The third-order valence-corrected chi connectivity index (χ3v) is 6.71. The van der Waals surface area contributed by atoms with E-state index in [-0.39, 0.29) is 0 Å². The summed E-state index contributed by atoms with van der Waals surface area (Å²) in [5.41, 5.74) is 2.07. The lowest BCUT2D eigenvalue weighted by Crippen LogP contribution is -2.06. The number of methoxy groups -OCH3 is 1. The zero-order chi connectivity index (χ0) is 21.6. The van der Waals surface area contributed by atoms with Gasteiger partial charge in [0.2, 0.25) is 0 Å². The molecule has 0 aliphatic rings. The highest BCUT2D eigenvalue weighted by molar-refractivity contribution is 7.98. The number of thiazole rings is 1. The molecule has 0 aliphatic heterocycles. The summed E-state index contributed by atoms with van der Waals surface area (Å²) in [6, 6.07) is 17.6. The summed E-state index contributed by atoms with van der Waals surface area (Å²) < 4.78 is 13.2. The van der Waals surface area contributed by atoms with Gasteiger partial charge in [0.25, 0.3) is 0 Å². The highest BCUT2D eigenvalue weighted by Gasteiger charge is 2.16. The van der Waals surface area contributed by atoms with Crippen molar-refractivity contribution in [3.05, 3.63) is 76.5 Å². The molecule has 4 aromatic rings. The summed E-state index contributed by atoms with van der Waals surface area (Å²) in [5.74, 6) is 3.47. The smallest absolute Gasteiger partial charge is 0.196 e. The van der Waals surface area contributed by atoms with Gasteiger partial charge in [0.05, 0.1) is 17.8 Å². The van der Waals surface area contributed by atoms with Gasteiger partial charge in [-0.15, -0.1) is 21.5 Å². The van der Waals surface area contributed by atoms with Crippen LogP contribution < -0.4 is 9.47 Å². The monoisotopic (exact) mass is 452 g/mol. The highest BCUT2D eigenvalue weighted by Crippen LogP contribution is 2.28. The maximum Gasteiger partial charge on any atom is 0.196 e. The Kier molecular flexibility index (Phi) is 6.89. The van der Waals surface area contributed by atoms with Crippen LogP contribution in [0.1, 0.15) is 36.3 Å². The standard InChI is InChI=1S/C23H24N4O2S2/c1-16(2)22-24-17(14-30-22)15-31-23-26-25-21(27(23)18-7-5-4-6-8-18)13-29-20-11-9-19(28-3)10-12-20/h4-12,14,16H,13,15H2,1-3H3. The van der Waals surface area contributed by atoms with Crippen molar-refractivity contribution in [3.63, 3.8) is 0 Å². The van der Waals surface area contributed by atoms with Crippen LogP contribution in [0.2, 0.25) is 0 Å². The first-order valence-electron chi connectivity index (χ1n) is 9.97. The number of rotatable bonds is 9. The molecule has 0 saturated carbocycles. The molecular weight excluding hydrogens is 428 g/mol. The van der Waals surface area contributed by atoms with Gasteiger partial charge in [-0.2, -0.15) is 0 Å². The number of aromatic nitrogens is 4. The molecule has 0 unspecified atom stereocenters. The molecule has 0 amide bonds. The largest absolute Gasteiger partial charge is 0.497 e. The third-order valence-electron chi connectivity index (χ3n) is 4.55. The highest BCUT2D eigenvalue weighted by atomic mass is 32.2. The summed E-state index contributed by atoms with van der Waals surface area (Å²) >= 11 is 3.34. The number of thioether (sulfide) groups is 1. The van der Waals surface area contributed by atoms with Gasteiger partial charge in [0.1, 0.15) is 18.1 Å². The van der Waals surface area contributed by atoms with E-state index in [2.05, 4.69) is 29.4 Å². The second kappa shape index (κ2) is 9.98. The van der Waals surface area contributed by atoms with Gasteiger partial charge in [-0.05, 0) is 36.4 Å². The van der Waals surface area contributed by atoms with E-state index in [0.717, 1.165) is 44.6 Å². The topological polar surface area (TPSA) is 62.1 Å². The van der Waals surface area contributed by atoms with Crippen LogP contribution in [-0.2, 0) is 12.4 Å². The summed E-state index contributed by atoms with van der Waals surface area (Å²) in [4.78, 5) is 4.73. The first kappa shape index (κ1) is 21.4. The molecule has 2 heterocycles. The Morgan fingerprint density at radius 2 is 1.74 bits per heavy atom. The zero-order valence-electron chi connectivity index (χ0n) is 17.7. The van der Waals surface area contributed by atoms with E-state index in [1.54, 1.807) is 30.2 Å². The number of para-hydroxylation sites is 1. The normalized spacial score (nSPS) is 11.1. The van der Waals surface area contributed by atoms with Crippen molar-refractivity contribution in [1.29, 1.82) is 0 Å². The first-order valence-corrected chi connectivity index (χ1v) is 11.8. The minimum Gasteiger partial charge on any atom is -0.497 e. The van der Waals surface area contributed by atoms with Crippen molar-refractivity contribution in [2.45, 2.75) is 37.3 Å². The maximum atomic E-state index is 5.96. The van der Waals surface area contributed by atoms with Crippen LogP contribution in [0.25, 0.3) is 5.69 Å². The molecule has 0 bridgehead atoms. The van der Waals surface area contributed by atoms with Crippen LogP contribution in [0.5, 0.6) is 11.5 Å². The molecule has 0 atom stereocenters. The Bertz CT molecular complexity index is 1110. The minimum absolute atomic E-state index is 0.309. The maximum absolute atomic E-state index is 5.96. The minimum atomic E-state index is 0.309. The van der Waals surface area contributed by atoms with E-state index in [0.29, 0.717) is 12.5 Å². The van der Waals surface area contributed by atoms with Crippen LogP contribution in [0.4, 0.5) is 0 Å². The molecule has 0 spiro atoms. The fourth-order valence-electron chi connectivity index (χ4n) is 2.94. The summed E-state index contributed by atoms with van der Waals surface area (Å²) in [7, 11) is 1.65. The number of ether oxygens (including phenoxy) is 2. The Morgan fingerprint density at radius 1 is 1.00 bits per heavy atom. The average molecular weight is 453 g/mol. The third kappa shape index (κ3) is 5.26. The van der Waals surface area contributed by atoms with Crippen molar-refractivity contribution in [3.8, 4) is 17.2 Å². The second-order valence-electron chi connectivity index (χ2n) is 7.15. The van der Waals surface area contributed by atoms with Crippen LogP contribution in [0.3, 0.4) is 0 Å². The lowest BCUT2D eigenvalue weighted by atomic mass is 10.2. The zero-order valence-corrected chi connectivity index (χ0v) is 19.3. The quantitative estimate of drug-likeness (QED) is 0.302. The summed E-state index contributed by atoms with van der Waals surface area (Å²) in [5, 5.41) is 13.0. The summed E-state index contributed by atoms with van der Waals surface area (Å²) in [6.07, 6.45) is 0. The molecule has 31 heavy (non-hydrogen) atoms. The Hall–Kier alpha value is -2.84. The number of nitrogens with zero attached hydrogens (tertiary/aromatic N) is 4. The SMILES string of the molecule is COc1ccc(OCc2nnc(SCc3csc(C(C)C)n3)n2-c2ccccc2)cc1. The van der Waals surface area contributed by atoms with Crippen molar-refractivity contribution in [1.82, 2.24) is 19.7 Å². The summed E-state index contributed by atoms with van der Waals surface area (Å²) in [6.45, 7) is 4.64. The van der Waals surface area contributed by atoms with Gasteiger partial charge in [-0.3, -0.25) is 4.57 Å². The molecular formula is C23H24N4O2S2. The number of benzene rings is 2. The average Bonchev–Trinajstić information content (AvgIpc) is 3.44. The predicted molar refractivity (Wildman–Crippen MR) is 124 cm³/mol. The van der Waals surface area contributed by atoms with Gasteiger partial charge in [-0.25, -0.2) is 4.98 Å². The van der Waals surface area contributed by atoms with Crippen molar-refractivity contribution >= 4 is 23.1 Å². The van der Waals surface area contributed by atoms with E-state index >= 15 is 0 Å². The van der Waals surface area contributed by atoms with Crippen LogP contribution in [-0.4, -0.2) is 26.9 Å². The van der Waals surface area contributed by atoms with Gasteiger partial charge in [-0.1, -0.05) is 43.8 Å². The molecule has 0 aliphatic carbocycles. The molecule has 4 rings (SSSR count). The fourth-order valence-corrected chi connectivity index (χ4v) is 4.74. The number of hydrogen-bond donors (Lipinski definition) is 0. The molecule has 0 N–H and O–H groups in total. The predicted octanol–water partition coefficient (Wildman–Crippen LogP) is 5.73. The second-order valence-corrected chi connectivity index (χ2v) is 8.99. The van der Waals surface area contributed by atoms with Crippen molar-refractivity contribution in [2.75, 3.05) is 7.11 Å². The fraction of sp³-hybridized carbons (Fsp3) is 0.261. The van der Waals surface area contributed by atoms with Crippen molar-refractivity contribution < 1.29 is 9.47 Å². The Labute approximate surface area is 190 Å². The lowest BCUT2D eigenvalue weighted by molar-refractivity contribution is 0.292. The lowest BCUT2D eigenvalue weighted by Gasteiger charge is -2.11. The number of hydrogen-bond acceptors (Lipinski definition) is 7. The van der Waals surface area contributed by atoms with Crippen molar-refractivity contribution in [2.24, 2.45) is 0 Å². The van der Waals surface area contributed by atoms with E-state index < -0.39 is 0 Å². The first-order chi connectivity index (χ1) is 15.1. The Morgan fingerprint density at radius 3 is 2.42 bits per heavy atom. The molecule has 8 heteroatoms. The Balaban J connectivity index is 1.53. The molecule has 160 valence electrons. The van der Waals surface area contributed by atoms with Crippen LogP contribution >= 0.6 is 23.1 Å². The molecule has 2 aromatic heterocycles. The van der Waals surface area contributed by atoms with E-state index in [1.165, 1.54) is 0 Å². The van der Waals surface area contributed by atoms with Gasteiger partial charge in [0.15, 0.2) is 11.0 Å². The van der Waals surface area contributed by atoms with Crippen LogP contribution in [0.15, 0.2) is 65.1 Å². The van der Waals surface area contributed by atoms with Crippen LogP contribution in [0, 0.1) is 0 Å². The van der Waals surface area contributed by atoms with Gasteiger partial charge < -0.3 is 9.47 Å². The van der Waals surface area contributed by atoms with E-state index in [1.807, 2.05) is 59.2 Å².